The molecule has 6 nitrogen and oxygen atoms in total. The zero-order valence-corrected chi connectivity index (χ0v) is 15.0. The number of amides is 2. The Morgan fingerprint density at radius 2 is 1.88 bits per heavy atom. The van der Waals surface area contributed by atoms with Crippen molar-refractivity contribution in [3.63, 3.8) is 0 Å². The van der Waals surface area contributed by atoms with E-state index in [1.54, 1.807) is 42.5 Å². The maximum absolute atomic E-state index is 12.5. The van der Waals surface area contributed by atoms with Crippen molar-refractivity contribution < 1.29 is 19.1 Å². The Morgan fingerprint density at radius 1 is 1.12 bits per heavy atom. The van der Waals surface area contributed by atoms with Gasteiger partial charge in [-0.2, -0.15) is 0 Å². The summed E-state index contributed by atoms with van der Waals surface area (Å²) in [6.07, 6.45) is 1.68. The first-order valence-corrected chi connectivity index (χ1v) is 8.94. The summed E-state index contributed by atoms with van der Waals surface area (Å²) in [5.74, 6) is 0.962. The van der Waals surface area contributed by atoms with Gasteiger partial charge in [-0.25, -0.2) is 0 Å². The molecular weight excluding hydrogens is 376 g/mol. The van der Waals surface area contributed by atoms with Gasteiger partial charge in [-0.05, 0) is 59.8 Å². The molecule has 0 atom stereocenters. The van der Waals surface area contributed by atoms with E-state index in [2.05, 4.69) is 5.32 Å². The number of imide groups is 1. The van der Waals surface area contributed by atoms with Gasteiger partial charge in [0.05, 0.1) is 11.6 Å². The number of ether oxygens (including phenoxy) is 2. The number of nitrogens with zero attached hydrogens (tertiary/aromatic N) is 1. The molecule has 4 rings (SSSR count). The van der Waals surface area contributed by atoms with E-state index in [0.717, 1.165) is 27.9 Å². The lowest BCUT2D eigenvalue weighted by Gasteiger charge is -2.14. The molecule has 2 heterocycles. The molecule has 132 valence electrons. The number of rotatable bonds is 4. The topological polar surface area (TPSA) is 67.9 Å². The number of anilines is 1. The quantitative estimate of drug-likeness (QED) is 0.793. The predicted octanol–water partition coefficient (Wildman–Crippen LogP) is 4.17. The summed E-state index contributed by atoms with van der Waals surface area (Å²) in [5.41, 5.74) is 1.54. The molecule has 0 bridgehead atoms. The largest absolute Gasteiger partial charge is 0.454 e. The molecule has 2 aliphatic rings. The van der Waals surface area contributed by atoms with E-state index in [1.807, 2.05) is 6.07 Å². The second-order valence-electron chi connectivity index (χ2n) is 5.56. The molecule has 1 fully saturated rings. The number of fused-ring (bicyclic) bond motifs is 1. The van der Waals surface area contributed by atoms with E-state index in [-0.39, 0.29) is 24.6 Å². The van der Waals surface area contributed by atoms with Crippen LogP contribution in [-0.4, -0.2) is 29.5 Å². The fourth-order valence-electron chi connectivity index (χ4n) is 2.53. The van der Waals surface area contributed by atoms with E-state index in [0.29, 0.717) is 21.4 Å². The normalized spacial score (nSPS) is 17.3. The van der Waals surface area contributed by atoms with Crippen LogP contribution in [-0.2, 0) is 4.79 Å². The van der Waals surface area contributed by atoms with Gasteiger partial charge in [0.1, 0.15) is 0 Å². The SMILES string of the molecule is O=C1S/C(=C\c2ccc3c(c2)OCO3)C(=O)N1CNc1ccc(Cl)cc1. The monoisotopic (exact) mass is 388 g/mol. The van der Waals surface area contributed by atoms with Crippen LogP contribution in [0, 0.1) is 0 Å². The molecule has 2 amide bonds. The van der Waals surface area contributed by atoms with Gasteiger partial charge in [0.15, 0.2) is 11.5 Å². The number of carbonyl (C=O) groups excluding carboxylic acids is 2. The van der Waals surface area contributed by atoms with E-state index in [1.165, 1.54) is 0 Å². The van der Waals surface area contributed by atoms with Gasteiger partial charge >= 0.3 is 0 Å². The molecular formula is C18H13ClN2O4S. The standard InChI is InChI=1S/C18H13ClN2O4S/c19-12-2-4-13(5-3-12)20-9-21-17(22)16(26-18(21)23)8-11-1-6-14-15(7-11)25-10-24-14/h1-8,20H,9-10H2/b16-8-. The average molecular weight is 389 g/mol. The predicted molar refractivity (Wildman–Crippen MR) is 100 cm³/mol. The second-order valence-corrected chi connectivity index (χ2v) is 6.99. The summed E-state index contributed by atoms with van der Waals surface area (Å²) in [6.45, 7) is 0.274. The molecule has 2 aromatic rings. The highest BCUT2D eigenvalue weighted by atomic mass is 35.5. The van der Waals surface area contributed by atoms with Crippen molar-refractivity contribution in [3.05, 3.63) is 58.0 Å². The molecule has 0 unspecified atom stereocenters. The maximum Gasteiger partial charge on any atom is 0.295 e. The zero-order valence-electron chi connectivity index (χ0n) is 13.4. The highest BCUT2D eigenvalue weighted by Gasteiger charge is 2.34. The van der Waals surface area contributed by atoms with Crippen molar-refractivity contribution >= 4 is 46.3 Å². The van der Waals surface area contributed by atoms with E-state index in [9.17, 15) is 9.59 Å². The Hall–Kier alpha value is -2.64. The number of nitrogens with one attached hydrogen (secondary N) is 1. The van der Waals surface area contributed by atoms with Crippen molar-refractivity contribution in [3.8, 4) is 11.5 Å². The number of halogens is 1. The Labute approximate surface area is 158 Å². The molecule has 2 aliphatic heterocycles. The van der Waals surface area contributed by atoms with Crippen molar-refractivity contribution in [2.24, 2.45) is 0 Å². The Morgan fingerprint density at radius 3 is 2.69 bits per heavy atom. The number of hydrogen-bond acceptors (Lipinski definition) is 6. The fourth-order valence-corrected chi connectivity index (χ4v) is 3.49. The average Bonchev–Trinajstić information content (AvgIpc) is 3.20. The van der Waals surface area contributed by atoms with Gasteiger partial charge in [-0.1, -0.05) is 17.7 Å². The van der Waals surface area contributed by atoms with Gasteiger partial charge in [0.25, 0.3) is 11.1 Å². The minimum Gasteiger partial charge on any atom is -0.454 e. The van der Waals surface area contributed by atoms with Crippen molar-refractivity contribution in [1.29, 1.82) is 0 Å². The third kappa shape index (κ3) is 3.36. The molecule has 0 saturated carbocycles. The lowest BCUT2D eigenvalue weighted by molar-refractivity contribution is -0.122. The number of thioether (sulfide) groups is 1. The Balaban J connectivity index is 1.47. The number of benzene rings is 2. The van der Waals surface area contributed by atoms with Crippen LogP contribution >= 0.6 is 23.4 Å². The molecule has 1 saturated heterocycles. The lowest BCUT2D eigenvalue weighted by atomic mass is 10.2. The minimum atomic E-state index is -0.334. The van der Waals surface area contributed by atoms with Crippen molar-refractivity contribution in [2.75, 3.05) is 18.8 Å². The summed E-state index contributed by atoms with van der Waals surface area (Å²) >= 11 is 6.76. The zero-order chi connectivity index (χ0) is 18.1. The van der Waals surface area contributed by atoms with Gasteiger partial charge in [0.2, 0.25) is 6.79 Å². The molecule has 0 aromatic heterocycles. The first kappa shape index (κ1) is 16.8. The molecule has 1 N–H and O–H groups in total. The third-order valence-electron chi connectivity index (χ3n) is 3.85. The molecule has 0 radical (unpaired) electrons. The fraction of sp³-hybridized carbons (Fsp3) is 0.111. The van der Waals surface area contributed by atoms with Gasteiger partial charge < -0.3 is 14.8 Å². The van der Waals surface area contributed by atoms with Crippen LogP contribution < -0.4 is 14.8 Å². The van der Waals surface area contributed by atoms with Crippen molar-refractivity contribution in [1.82, 2.24) is 4.90 Å². The molecule has 2 aromatic carbocycles. The van der Waals surface area contributed by atoms with Crippen LogP contribution in [0.3, 0.4) is 0 Å². The maximum atomic E-state index is 12.5. The highest BCUT2D eigenvalue weighted by molar-refractivity contribution is 8.18. The van der Waals surface area contributed by atoms with Crippen LogP contribution in [0.1, 0.15) is 5.56 Å². The van der Waals surface area contributed by atoms with Gasteiger partial charge in [-0.3, -0.25) is 14.5 Å². The van der Waals surface area contributed by atoms with Crippen molar-refractivity contribution in [2.45, 2.75) is 0 Å². The summed E-state index contributed by atoms with van der Waals surface area (Å²) in [7, 11) is 0. The van der Waals surface area contributed by atoms with Gasteiger partial charge in [0, 0.05) is 10.7 Å². The van der Waals surface area contributed by atoms with Gasteiger partial charge in [-0.15, -0.1) is 0 Å². The number of hydrogen-bond donors (Lipinski definition) is 1. The first-order chi connectivity index (χ1) is 12.6. The van der Waals surface area contributed by atoms with E-state index < -0.39 is 0 Å². The molecule has 26 heavy (non-hydrogen) atoms. The number of carbonyl (C=O) groups is 2. The summed E-state index contributed by atoms with van der Waals surface area (Å²) in [4.78, 5) is 26.2. The lowest BCUT2D eigenvalue weighted by Crippen LogP contribution is -2.33. The van der Waals surface area contributed by atoms with E-state index >= 15 is 0 Å². The van der Waals surface area contributed by atoms with Crippen LogP contribution in [0.5, 0.6) is 11.5 Å². The summed E-state index contributed by atoms with van der Waals surface area (Å²) in [5, 5.41) is 3.34. The van der Waals surface area contributed by atoms with Crippen LogP contribution in [0.25, 0.3) is 6.08 Å². The summed E-state index contributed by atoms with van der Waals surface area (Å²) in [6, 6.07) is 12.4. The Bertz CT molecular complexity index is 914. The van der Waals surface area contributed by atoms with Crippen LogP contribution in [0.4, 0.5) is 10.5 Å². The second kappa shape index (κ2) is 6.93. The third-order valence-corrected chi connectivity index (χ3v) is 5.01. The summed E-state index contributed by atoms with van der Waals surface area (Å²) < 4.78 is 10.6. The minimum absolute atomic E-state index is 0.0881. The Kier molecular flexibility index (Phi) is 4.48. The molecule has 8 heteroatoms. The first-order valence-electron chi connectivity index (χ1n) is 7.74. The van der Waals surface area contributed by atoms with Crippen LogP contribution in [0.2, 0.25) is 5.02 Å². The molecule has 0 spiro atoms. The smallest absolute Gasteiger partial charge is 0.295 e. The van der Waals surface area contributed by atoms with E-state index in [4.69, 9.17) is 21.1 Å². The molecule has 0 aliphatic carbocycles. The van der Waals surface area contributed by atoms with Crippen LogP contribution in [0.15, 0.2) is 47.4 Å². The highest BCUT2D eigenvalue weighted by Crippen LogP contribution is 2.36.